The number of carbonyl (C=O) groups excluding carboxylic acids is 1. The van der Waals surface area contributed by atoms with Crippen LogP contribution < -0.4 is 18.7 Å². The first-order valence-electron chi connectivity index (χ1n) is 11.4. The summed E-state index contributed by atoms with van der Waals surface area (Å²) in [5, 5.41) is 0. The number of hydrogen-bond acceptors (Lipinski definition) is 6. The first-order chi connectivity index (χ1) is 17.3. The van der Waals surface area contributed by atoms with Crippen molar-refractivity contribution >= 4 is 27.3 Å². The van der Waals surface area contributed by atoms with Gasteiger partial charge in [-0.2, -0.15) is 0 Å². The minimum atomic E-state index is -4.06. The van der Waals surface area contributed by atoms with Gasteiger partial charge in [0.25, 0.3) is 10.0 Å². The van der Waals surface area contributed by atoms with Crippen molar-refractivity contribution < 1.29 is 27.1 Å². The fourth-order valence-corrected chi connectivity index (χ4v) is 5.57. The molecule has 0 unspecified atom stereocenters. The van der Waals surface area contributed by atoms with Gasteiger partial charge in [0.15, 0.2) is 11.5 Å². The van der Waals surface area contributed by atoms with Crippen LogP contribution in [0.4, 0.5) is 15.8 Å². The molecule has 10 heteroatoms. The van der Waals surface area contributed by atoms with Crippen molar-refractivity contribution in [2.45, 2.75) is 4.90 Å². The molecule has 0 bridgehead atoms. The maximum absolute atomic E-state index is 14.2. The molecule has 36 heavy (non-hydrogen) atoms. The number of anilines is 2. The summed E-state index contributed by atoms with van der Waals surface area (Å²) in [6.45, 7) is 1.17. The van der Waals surface area contributed by atoms with Gasteiger partial charge in [-0.1, -0.05) is 30.3 Å². The second-order valence-corrected chi connectivity index (χ2v) is 10.0. The Hall–Kier alpha value is -3.79. The highest BCUT2D eigenvalue weighted by molar-refractivity contribution is 7.92. The van der Waals surface area contributed by atoms with E-state index in [1.807, 2.05) is 4.90 Å². The molecular formula is C26H28FN3O5S. The largest absolute Gasteiger partial charge is 0.493 e. The summed E-state index contributed by atoms with van der Waals surface area (Å²) in [5.74, 6) is 0.117. The van der Waals surface area contributed by atoms with Gasteiger partial charge < -0.3 is 19.3 Å². The van der Waals surface area contributed by atoms with Gasteiger partial charge >= 0.3 is 0 Å². The molecule has 1 saturated heterocycles. The highest BCUT2D eigenvalue weighted by Gasteiger charge is 2.31. The molecule has 0 aliphatic carbocycles. The van der Waals surface area contributed by atoms with Crippen LogP contribution >= 0.6 is 0 Å². The summed E-state index contributed by atoms with van der Waals surface area (Å²) in [4.78, 5) is 16.9. The Morgan fingerprint density at radius 2 is 1.53 bits per heavy atom. The quantitative estimate of drug-likeness (QED) is 0.460. The zero-order chi connectivity index (χ0) is 25.7. The van der Waals surface area contributed by atoms with E-state index in [-0.39, 0.29) is 22.3 Å². The van der Waals surface area contributed by atoms with E-state index in [1.165, 1.54) is 38.5 Å². The van der Waals surface area contributed by atoms with Crippen molar-refractivity contribution in [3.8, 4) is 11.5 Å². The summed E-state index contributed by atoms with van der Waals surface area (Å²) >= 11 is 0. The van der Waals surface area contributed by atoms with Crippen LogP contribution in [0.25, 0.3) is 0 Å². The normalized spacial score (nSPS) is 13.9. The van der Waals surface area contributed by atoms with Crippen LogP contribution in [0.3, 0.4) is 0 Å². The first-order valence-corrected chi connectivity index (χ1v) is 12.9. The van der Waals surface area contributed by atoms with Crippen LogP contribution in [-0.2, 0) is 14.8 Å². The average molecular weight is 514 g/mol. The summed E-state index contributed by atoms with van der Waals surface area (Å²) < 4.78 is 53.1. The van der Waals surface area contributed by atoms with Crippen molar-refractivity contribution in [3.05, 3.63) is 78.6 Å². The number of ether oxygens (including phenoxy) is 2. The number of carbonyl (C=O) groups is 1. The number of hydrogen-bond donors (Lipinski definition) is 0. The lowest BCUT2D eigenvalue weighted by molar-refractivity contribution is -0.129. The number of rotatable bonds is 8. The van der Waals surface area contributed by atoms with Crippen LogP contribution in [0.15, 0.2) is 77.7 Å². The minimum Gasteiger partial charge on any atom is -0.493 e. The van der Waals surface area contributed by atoms with Crippen LogP contribution in [0.2, 0.25) is 0 Å². The number of methoxy groups -OCH3 is 2. The number of sulfonamides is 1. The Morgan fingerprint density at radius 1 is 0.889 bits per heavy atom. The van der Waals surface area contributed by atoms with E-state index in [2.05, 4.69) is 0 Å². The number of halogens is 1. The van der Waals surface area contributed by atoms with E-state index >= 15 is 0 Å². The molecule has 190 valence electrons. The topological polar surface area (TPSA) is 79.4 Å². The fourth-order valence-electron chi connectivity index (χ4n) is 4.14. The van der Waals surface area contributed by atoms with Gasteiger partial charge in [-0.05, 0) is 36.4 Å². The van der Waals surface area contributed by atoms with E-state index < -0.39 is 16.6 Å². The molecule has 0 N–H and O–H groups in total. The standard InChI is InChI=1S/C26H28FN3O5S/c1-34-24-13-12-20(18-25(24)35-2)30(36(32,33)21-8-4-3-5-9-21)19-26(31)29-16-14-28(15-17-29)23-11-7-6-10-22(23)27/h3-13,18H,14-17,19H2,1-2H3. The lowest BCUT2D eigenvalue weighted by atomic mass is 10.2. The van der Waals surface area contributed by atoms with Crippen molar-refractivity contribution in [1.82, 2.24) is 4.90 Å². The van der Waals surface area contributed by atoms with Gasteiger partial charge in [-0.25, -0.2) is 12.8 Å². The van der Waals surface area contributed by atoms with E-state index in [4.69, 9.17) is 9.47 Å². The number of piperazine rings is 1. The van der Waals surface area contributed by atoms with E-state index in [9.17, 15) is 17.6 Å². The summed E-state index contributed by atoms with van der Waals surface area (Å²) in [6, 6.07) is 19.2. The first kappa shape index (κ1) is 25.3. The van der Waals surface area contributed by atoms with Gasteiger partial charge in [0.05, 0.1) is 30.5 Å². The molecule has 0 spiro atoms. The maximum atomic E-state index is 14.2. The summed E-state index contributed by atoms with van der Waals surface area (Å²) in [6.07, 6.45) is 0. The maximum Gasteiger partial charge on any atom is 0.264 e. The van der Waals surface area contributed by atoms with Crippen molar-refractivity contribution in [3.63, 3.8) is 0 Å². The molecule has 0 aromatic heterocycles. The summed E-state index contributed by atoms with van der Waals surface area (Å²) in [5.41, 5.74) is 0.762. The van der Waals surface area contributed by atoms with Gasteiger partial charge in [0, 0.05) is 32.2 Å². The van der Waals surface area contributed by atoms with Crippen molar-refractivity contribution in [2.75, 3.05) is 56.1 Å². The number of nitrogens with zero attached hydrogens (tertiary/aromatic N) is 3. The molecule has 1 amide bonds. The molecule has 1 aliphatic rings. The minimum absolute atomic E-state index is 0.0666. The van der Waals surface area contributed by atoms with Crippen LogP contribution in [0.5, 0.6) is 11.5 Å². The van der Waals surface area contributed by atoms with Crippen LogP contribution in [0.1, 0.15) is 0 Å². The van der Waals surface area contributed by atoms with Gasteiger partial charge in [-0.15, -0.1) is 0 Å². The lowest BCUT2D eigenvalue weighted by Crippen LogP contribution is -2.52. The smallest absolute Gasteiger partial charge is 0.264 e. The van der Waals surface area contributed by atoms with E-state index in [1.54, 1.807) is 53.4 Å². The van der Waals surface area contributed by atoms with Crippen molar-refractivity contribution in [2.24, 2.45) is 0 Å². The molecule has 3 aromatic carbocycles. The Kier molecular flexibility index (Phi) is 7.64. The van der Waals surface area contributed by atoms with E-state index in [0.717, 1.165) is 4.31 Å². The molecule has 0 radical (unpaired) electrons. The zero-order valence-electron chi connectivity index (χ0n) is 20.1. The predicted molar refractivity (Wildman–Crippen MR) is 136 cm³/mol. The van der Waals surface area contributed by atoms with Gasteiger partial charge in [-0.3, -0.25) is 9.10 Å². The molecule has 1 fully saturated rings. The Labute approximate surface area is 210 Å². The number of para-hydroxylation sites is 1. The molecular weight excluding hydrogens is 485 g/mol. The number of benzene rings is 3. The number of amides is 1. The van der Waals surface area contributed by atoms with Crippen LogP contribution in [-0.4, -0.2) is 66.2 Å². The molecule has 1 aliphatic heterocycles. The Balaban J connectivity index is 1.58. The third-order valence-corrected chi connectivity index (χ3v) is 7.88. The monoisotopic (exact) mass is 513 g/mol. The van der Waals surface area contributed by atoms with Gasteiger partial charge in [0.1, 0.15) is 12.4 Å². The Bertz CT molecular complexity index is 1310. The van der Waals surface area contributed by atoms with Crippen molar-refractivity contribution in [1.29, 1.82) is 0 Å². The highest BCUT2D eigenvalue weighted by Crippen LogP contribution is 2.34. The predicted octanol–water partition coefficient (Wildman–Crippen LogP) is 3.39. The SMILES string of the molecule is COc1ccc(N(CC(=O)N2CCN(c3ccccc3F)CC2)S(=O)(=O)c2ccccc2)cc1OC. The zero-order valence-corrected chi connectivity index (χ0v) is 20.9. The Morgan fingerprint density at radius 3 is 2.17 bits per heavy atom. The molecule has 1 heterocycles. The highest BCUT2D eigenvalue weighted by atomic mass is 32.2. The third-order valence-electron chi connectivity index (χ3n) is 6.09. The fraction of sp³-hybridized carbons (Fsp3) is 0.269. The second kappa shape index (κ2) is 10.9. The second-order valence-electron chi connectivity index (χ2n) is 8.18. The third kappa shape index (κ3) is 5.23. The molecule has 4 rings (SSSR count). The molecule has 0 saturated carbocycles. The van der Waals surface area contributed by atoms with E-state index in [0.29, 0.717) is 43.4 Å². The summed E-state index contributed by atoms with van der Waals surface area (Å²) in [7, 11) is -1.12. The molecule has 0 atom stereocenters. The lowest BCUT2D eigenvalue weighted by Gasteiger charge is -2.37. The molecule has 3 aromatic rings. The molecule has 8 nitrogen and oxygen atoms in total. The van der Waals surface area contributed by atoms with Gasteiger partial charge in [0.2, 0.25) is 5.91 Å². The average Bonchev–Trinajstić information content (AvgIpc) is 2.92. The van der Waals surface area contributed by atoms with Crippen LogP contribution in [0, 0.1) is 5.82 Å².